The number of hydrogen-bond acceptors (Lipinski definition) is 4. The molecule has 1 fully saturated rings. The van der Waals surface area contributed by atoms with Gasteiger partial charge in [-0.25, -0.2) is 0 Å². The van der Waals surface area contributed by atoms with Crippen molar-refractivity contribution in [1.29, 1.82) is 0 Å². The first kappa shape index (κ1) is 12.1. The summed E-state index contributed by atoms with van der Waals surface area (Å²) in [6, 6.07) is 0.269. The highest BCUT2D eigenvalue weighted by molar-refractivity contribution is 5.92. The molecule has 0 radical (unpaired) electrons. The van der Waals surface area contributed by atoms with Crippen molar-refractivity contribution < 1.29 is 9.32 Å². The van der Waals surface area contributed by atoms with Gasteiger partial charge in [0.05, 0.1) is 6.20 Å². The van der Waals surface area contributed by atoms with Gasteiger partial charge in [-0.3, -0.25) is 4.79 Å². The molecule has 0 spiro atoms. The first-order valence-electron chi connectivity index (χ1n) is 6.11. The van der Waals surface area contributed by atoms with Gasteiger partial charge in [0, 0.05) is 24.7 Å². The molecule has 1 unspecified atom stereocenters. The number of likely N-dealkylation sites (tertiary alicyclic amines) is 1. The molecule has 1 aliphatic rings. The summed E-state index contributed by atoms with van der Waals surface area (Å²) in [5.74, 6) is 0.355. The van der Waals surface area contributed by atoms with Crippen molar-refractivity contribution in [3.8, 4) is 0 Å². The molecule has 1 aliphatic heterocycles. The number of nitrogens with one attached hydrogen (secondary N) is 1. The normalized spacial score (nSPS) is 20.6. The van der Waals surface area contributed by atoms with Gasteiger partial charge in [0.2, 0.25) is 5.76 Å². The molecule has 17 heavy (non-hydrogen) atoms. The third kappa shape index (κ3) is 2.49. The molecule has 5 nitrogen and oxygen atoms in total. The molecule has 5 heteroatoms. The van der Waals surface area contributed by atoms with E-state index in [2.05, 4.69) is 10.5 Å². The lowest BCUT2D eigenvalue weighted by Crippen LogP contribution is -2.48. The van der Waals surface area contributed by atoms with Crippen LogP contribution < -0.4 is 5.32 Å². The number of amides is 1. The zero-order valence-electron chi connectivity index (χ0n) is 10.4. The fraction of sp³-hybridized carbons (Fsp3) is 0.667. The van der Waals surface area contributed by atoms with Crippen LogP contribution in [0.4, 0.5) is 0 Å². The van der Waals surface area contributed by atoms with Crippen LogP contribution in [0, 0.1) is 6.92 Å². The third-order valence-corrected chi connectivity index (χ3v) is 3.27. The van der Waals surface area contributed by atoms with Crippen LogP contribution >= 0.6 is 0 Å². The number of aromatic nitrogens is 1. The quantitative estimate of drug-likeness (QED) is 0.858. The maximum absolute atomic E-state index is 12.3. The number of likely N-dealkylation sites (N-methyl/N-ethyl adjacent to an activating group) is 1. The monoisotopic (exact) mass is 237 g/mol. The van der Waals surface area contributed by atoms with E-state index in [0.29, 0.717) is 5.76 Å². The van der Waals surface area contributed by atoms with Gasteiger partial charge in [-0.1, -0.05) is 5.16 Å². The maximum Gasteiger partial charge on any atom is 0.293 e. The lowest BCUT2D eigenvalue weighted by Gasteiger charge is -2.35. The van der Waals surface area contributed by atoms with E-state index in [1.165, 1.54) is 6.42 Å². The topological polar surface area (TPSA) is 58.4 Å². The van der Waals surface area contributed by atoms with Crippen LogP contribution in [-0.4, -0.2) is 42.1 Å². The summed E-state index contributed by atoms with van der Waals surface area (Å²) >= 11 is 0. The molecule has 1 atom stereocenters. The van der Waals surface area contributed by atoms with E-state index < -0.39 is 0 Å². The SMILES string of the molecule is CNCC1CCCCN1C(=O)c1oncc1C. The smallest absolute Gasteiger partial charge is 0.293 e. The van der Waals surface area contributed by atoms with Crippen molar-refractivity contribution in [3.05, 3.63) is 17.5 Å². The van der Waals surface area contributed by atoms with E-state index in [4.69, 9.17) is 4.52 Å². The molecule has 1 aromatic heterocycles. The van der Waals surface area contributed by atoms with E-state index in [0.717, 1.165) is 31.5 Å². The van der Waals surface area contributed by atoms with Crippen LogP contribution in [0.25, 0.3) is 0 Å². The van der Waals surface area contributed by atoms with Crippen LogP contribution in [0.3, 0.4) is 0 Å². The molecule has 2 heterocycles. The van der Waals surface area contributed by atoms with Gasteiger partial charge in [0.15, 0.2) is 0 Å². The zero-order valence-corrected chi connectivity index (χ0v) is 10.4. The summed E-state index contributed by atoms with van der Waals surface area (Å²) in [6.07, 6.45) is 4.90. The Morgan fingerprint density at radius 1 is 1.65 bits per heavy atom. The van der Waals surface area contributed by atoms with E-state index in [-0.39, 0.29) is 11.9 Å². The molecule has 1 N–H and O–H groups in total. The molecular weight excluding hydrogens is 218 g/mol. The molecule has 0 aromatic carbocycles. The average molecular weight is 237 g/mol. The van der Waals surface area contributed by atoms with Gasteiger partial charge in [-0.05, 0) is 33.2 Å². The summed E-state index contributed by atoms with van der Waals surface area (Å²) in [6.45, 7) is 3.49. The first-order valence-corrected chi connectivity index (χ1v) is 6.11. The van der Waals surface area contributed by atoms with Gasteiger partial charge in [0.1, 0.15) is 0 Å². The van der Waals surface area contributed by atoms with Crippen molar-refractivity contribution in [1.82, 2.24) is 15.4 Å². The zero-order chi connectivity index (χ0) is 12.3. The summed E-state index contributed by atoms with van der Waals surface area (Å²) in [5, 5.41) is 6.81. The van der Waals surface area contributed by atoms with Crippen molar-refractivity contribution in [2.75, 3.05) is 20.1 Å². The Balaban J connectivity index is 2.14. The molecule has 1 amide bonds. The summed E-state index contributed by atoms with van der Waals surface area (Å²) in [5.41, 5.74) is 0.809. The van der Waals surface area contributed by atoms with Gasteiger partial charge in [0.25, 0.3) is 5.91 Å². The number of nitrogens with zero attached hydrogens (tertiary/aromatic N) is 2. The molecule has 0 bridgehead atoms. The van der Waals surface area contributed by atoms with Gasteiger partial charge < -0.3 is 14.7 Å². The van der Waals surface area contributed by atoms with Crippen molar-refractivity contribution in [2.45, 2.75) is 32.2 Å². The van der Waals surface area contributed by atoms with E-state index in [1.807, 2.05) is 18.9 Å². The highest BCUT2D eigenvalue weighted by Crippen LogP contribution is 2.20. The van der Waals surface area contributed by atoms with Gasteiger partial charge >= 0.3 is 0 Å². The lowest BCUT2D eigenvalue weighted by molar-refractivity contribution is 0.0572. The minimum atomic E-state index is -0.0278. The van der Waals surface area contributed by atoms with E-state index in [1.54, 1.807) is 6.20 Å². The van der Waals surface area contributed by atoms with Crippen LogP contribution in [0.2, 0.25) is 0 Å². The van der Waals surface area contributed by atoms with Crippen LogP contribution in [0.5, 0.6) is 0 Å². The Kier molecular flexibility index (Phi) is 3.78. The molecule has 1 saturated heterocycles. The minimum absolute atomic E-state index is 0.0278. The number of carbonyl (C=O) groups excluding carboxylic acids is 1. The Morgan fingerprint density at radius 3 is 3.12 bits per heavy atom. The Hall–Kier alpha value is -1.36. The van der Waals surface area contributed by atoms with E-state index >= 15 is 0 Å². The highest BCUT2D eigenvalue weighted by atomic mass is 16.5. The lowest BCUT2D eigenvalue weighted by atomic mass is 10.0. The number of rotatable bonds is 3. The molecule has 0 aliphatic carbocycles. The van der Waals surface area contributed by atoms with Crippen LogP contribution in [0.1, 0.15) is 35.4 Å². The predicted octanol–water partition coefficient (Wildman–Crippen LogP) is 1.20. The molecule has 94 valence electrons. The second-order valence-corrected chi connectivity index (χ2v) is 4.54. The summed E-state index contributed by atoms with van der Waals surface area (Å²) in [7, 11) is 1.91. The van der Waals surface area contributed by atoms with Crippen LogP contribution in [-0.2, 0) is 0 Å². The molecule has 1 aromatic rings. The summed E-state index contributed by atoms with van der Waals surface area (Å²) in [4.78, 5) is 14.2. The second-order valence-electron chi connectivity index (χ2n) is 4.54. The predicted molar refractivity (Wildman–Crippen MR) is 63.8 cm³/mol. The molecule has 0 saturated carbocycles. The fourth-order valence-electron chi connectivity index (χ4n) is 2.34. The fourth-order valence-corrected chi connectivity index (χ4v) is 2.34. The Labute approximate surface area is 101 Å². The molecular formula is C12H19N3O2. The largest absolute Gasteiger partial charge is 0.351 e. The number of carbonyl (C=O) groups is 1. The number of aryl methyl sites for hydroxylation is 1. The molecule has 2 rings (SSSR count). The minimum Gasteiger partial charge on any atom is -0.351 e. The van der Waals surface area contributed by atoms with Crippen molar-refractivity contribution in [3.63, 3.8) is 0 Å². The van der Waals surface area contributed by atoms with Crippen molar-refractivity contribution >= 4 is 5.91 Å². The Morgan fingerprint density at radius 2 is 2.47 bits per heavy atom. The number of piperidine rings is 1. The number of hydrogen-bond donors (Lipinski definition) is 1. The second kappa shape index (κ2) is 5.31. The summed E-state index contributed by atoms with van der Waals surface area (Å²) < 4.78 is 5.04. The Bertz CT molecular complexity index is 387. The standard InChI is InChI=1S/C12H19N3O2/c1-9-7-14-17-11(9)12(16)15-6-4-3-5-10(15)8-13-2/h7,10,13H,3-6,8H2,1-2H3. The average Bonchev–Trinajstić information content (AvgIpc) is 2.76. The highest BCUT2D eigenvalue weighted by Gasteiger charge is 2.29. The van der Waals surface area contributed by atoms with E-state index in [9.17, 15) is 4.79 Å². The third-order valence-electron chi connectivity index (χ3n) is 3.27. The van der Waals surface area contributed by atoms with Crippen LogP contribution in [0.15, 0.2) is 10.7 Å². The maximum atomic E-state index is 12.3. The first-order chi connectivity index (χ1) is 8.24. The van der Waals surface area contributed by atoms with Gasteiger partial charge in [-0.2, -0.15) is 0 Å². The van der Waals surface area contributed by atoms with Crippen molar-refractivity contribution in [2.24, 2.45) is 0 Å². The van der Waals surface area contributed by atoms with Gasteiger partial charge in [-0.15, -0.1) is 0 Å².